The van der Waals surface area contributed by atoms with E-state index >= 15 is 0 Å². The molecule has 1 aromatic rings. The zero-order chi connectivity index (χ0) is 13.9. The topological polar surface area (TPSA) is 83.3 Å². The van der Waals surface area contributed by atoms with Crippen LogP contribution >= 0.6 is 0 Å². The lowest BCUT2D eigenvalue weighted by atomic mass is 10.2. The summed E-state index contributed by atoms with van der Waals surface area (Å²) in [5.41, 5.74) is -0.493. The molecule has 0 aromatic carbocycles. The van der Waals surface area contributed by atoms with Gasteiger partial charge in [-0.25, -0.2) is 14.3 Å². The summed E-state index contributed by atoms with van der Waals surface area (Å²) < 4.78 is 11.0. The average Bonchev–Trinajstić information content (AvgIpc) is 2.73. The lowest BCUT2D eigenvalue weighted by Gasteiger charge is -2.22. The Hall–Kier alpha value is -1.92. The van der Waals surface area contributed by atoms with Gasteiger partial charge in [-0.3, -0.25) is 0 Å². The zero-order valence-electron chi connectivity index (χ0n) is 11.1. The fourth-order valence-corrected chi connectivity index (χ4v) is 1.27. The van der Waals surface area contributed by atoms with Crippen molar-refractivity contribution in [2.45, 2.75) is 39.3 Å². The van der Waals surface area contributed by atoms with Crippen molar-refractivity contribution in [3.05, 3.63) is 11.9 Å². The standard InChI is InChI=1S/C11H17N3O4/c1-7(9(15)18-11(2,3)4)14-8(6-12-13-14)10(16)17-5/h6-7H,1-5H3/t7-/m0/s1. The Kier molecular flexibility index (Phi) is 4.05. The predicted octanol–water partition coefficient (Wildman–Crippen LogP) is 0.967. The van der Waals surface area contributed by atoms with Crippen molar-refractivity contribution in [3.8, 4) is 0 Å². The van der Waals surface area contributed by atoms with Gasteiger partial charge >= 0.3 is 11.9 Å². The summed E-state index contributed by atoms with van der Waals surface area (Å²) in [6.07, 6.45) is 1.24. The van der Waals surface area contributed by atoms with E-state index in [-0.39, 0.29) is 5.69 Å². The van der Waals surface area contributed by atoms with E-state index in [1.54, 1.807) is 27.7 Å². The third-order valence-corrected chi connectivity index (χ3v) is 2.08. The van der Waals surface area contributed by atoms with Crippen LogP contribution in [-0.2, 0) is 14.3 Å². The van der Waals surface area contributed by atoms with E-state index in [4.69, 9.17) is 4.74 Å². The molecule has 0 fully saturated rings. The van der Waals surface area contributed by atoms with E-state index in [1.807, 2.05) is 0 Å². The Morgan fingerprint density at radius 3 is 2.50 bits per heavy atom. The van der Waals surface area contributed by atoms with E-state index in [9.17, 15) is 9.59 Å². The number of esters is 2. The molecule has 0 N–H and O–H groups in total. The molecule has 7 nitrogen and oxygen atoms in total. The summed E-state index contributed by atoms with van der Waals surface area (Å²) in [4.78, 5) is 23.3. The number of rotatable bonds is 3. The number of hydrogen-bond acceptors (Lipinski definition) is 6. The maximum absolute atomic E-state index is 11.9. The minimum absolute atomic E-state index is 0.107. The summed E-state index contributed by atoms with van der Waals surface area (Å²) in [5, 5.41) is 7.30. The second-order valence-electron chi connectivity index (χ2n) is 4.76. The smallest absolute Gasteiger partial charge is 0.358 e. The van der Waals surface area contributed by atoms with Crippen LogP contribution in [0.1, 0.15) is 44.2 Å². The molecule has 0 amide bonds. The molecule has 0 bridgehead atoms. The van der Waals surface area contributed by atoms with Crippen molar-refractivity contribution in [2.75, 3.05) is 7.11 Å². The van der Waals surface area contributed by atoms with Crippen LogP contribution in [0.4, 0.5) is 0 Å². The van der Waals surface area contributed by atoms with Gasteiger partial charge in [0, 0.05) is 0 Å². The van der Waals surface area contributed by atoms with Crippen molar-refractivity contribution >= 4 is 11.9 Å². The van der Waals surface area contributed by atoms with Gasteiger partial charge in [0.2, 0.25) is 0 Å². The number of carbonyl (C=O) groups excluding carboxylic acids is 2. The third-order valence-electron chi connectivity index (χ3n) is 2.08. The van der Waals surface area contributed by atoms with Gasteiger partial charge in [-0.05, 0) is 27.7 Å². The highest BCUT2D eigenvalue weighted by Crippen LogP contribution is 2.15. The zero-order valence-corrected chi connectivity index (χ0v) is 11.1. The van der Waals surface area contributed by atoms with Gasteiger partial charge in [0.15, 0.2) is 5.69 Å². The minimum atomic E-state index is -0.749. The maximum Gasteiger partial charge on any atom is 0.358 e. The molecule has 0 saturated carbocycles. The van der Waals surface area contributed by atoms with E-state index in [2.05, 4.69) is 15.0 Å². The van der Waals surface area contributed by atoms with Crippen molar-refractivity contribution < 1.29 is 19.1 Å². The quantitative estimate of drug-likeness (QED) is 0.748. The number of nitrogens with zero attached hydrogens (tertiary/aromatic N) is 3. The lowest BCUT2D eigenvalue weighted by molar-refractivity contribution is -0.158. The Morgan fingerprint density at radius 2 is 2.00 bits per heavy atom. The Labute approximate surface area is 105 Å². The second-order valence-corrected chi connectivity index (χ2v) is 4.76. The summed E-state index contributed by atoms with van der Waals surface area (Å²) in [7, 11) is 1.25. The van der Waals surface area contributed by atoms with Gasteiger partial charge in [-0.15, -0.1) is 5.10 Å². The van der Waals surface area contributed by atoms with Crippen LogP contribution < -0.4 is 0 Å². The van der Waals surface area contributed by atoms with Gasteiger partial charge < -0.3 is 9.47 Å². The predicted molar refractivity (Wildman–Crippen MR) is 61.9 cm³/mol. The van der Waals surface area contributed by atoms with Crippen LogP contribution in [0, 0.1) is 0 Å². The fraction of sp³-hybridized carbons (Fsp3) is 0.636. The Bertz CT molecular complexity index is 447. The van der Waals surface area contributed by atoms with E-state index in [0.717, 1.165) is 0 Å². The first kappa shape index (κ1) is 14.1. The summed E-state index contributed by atoms with van der Waals surface area (Å²) in [6.45, 7) is 6.87. The van der Waals surface area contributed by atoms with Gasteiger partial charge in [-0.2, -0.15) is 0 Å². The Balaban J connectivity index is 2.91. The largest absolute Gasteiger partial charge is 0.464 e. The van der Waals surface area contributed by atoms with Crippen LogP contribution in [-0.4, -0.2) is 39.6 Å². The first-order valence-corrected chi connectivity index (χ1v) is 5.47. The van der Waals surface area contributed by atoms with Crippen LogP contribution in [0.2, 0.25) is 0 Å². The molecule has 0 aliphatic carbocycles. The molecule has 18 heavy (non-hydrogen) atoms. The molecule has 0 radical (unpaired) electrons. The highest BCUT2D eigenvalue weighted by molar-refractivity contribution is 5.87. The average molecular weight is 255 g/mol. The molecule has 0 aliphatic rings. The highest BCUT2D eigenvalue weighted by atomic mass is 16.6. The summed E-state index contributed by atoms with van der Waals surface area (Å²) in [6, 6.07) is -0.749. The molecule has 7 heteroatoms. The molecule has 0 unspecified atom stereocenters. The molecular weight excluding hydrogens is 238 g/mol. The van der Waals surface area contributed by atoms with E-state index < -0.39 is 23.6 Å². The first-order valence-electron chi connectivity index (χ1n) is 5.47. The van der Waals surface area contributed by atoms with Crippen LogP contribution in [0.25, 0.3) is 0 Å². The molecule has 1 aromatic heterocycles. The fourth-order valence-electron chi connectivity index (χ4n) is 1.27. The number of ether oxygens (including phenoxy) is 2. The lowest BCUT2D eigenvalue weighted by Crippen LogP contribution is -2.30. The van der Waals surface area contributed by atoms with Crippen molar-refractivity contribution in [3.63, 3.8) is 0 Å². The van der Waals surface area contributed by atoms with Gasteiger partial charge in [0.25, 0.3) is 0 Å². The van der Waals surface area contributed by atoms with Crippen molar-refractivity contribution in [1.29, 1.82) is 0 Å². The normalized spacial score (nSPS) is 12.9. The number of hydrogen-bond donors (Lipinski definition) is 0. The van der Waals surface area contributed by atoms with Gasteiger partial charge in [-0.1, -0.05) is 5.21 Å². The van der Waals surface area contributed by atoms with Crippen LogP contribution in [0.15, 0.2) is 6.20 Å². The minimum Gasteiger partial charge on any atom is -0.464 e. The second kappa shape index (κ2) is 5.16. The molecule has 1 atom stereocenters. The van der Waals surface area contributed by atoms with Gasteiger partial charge in [0.05, 0.1) is 13.3 Å². The van der Waals surface area contributed by atoms with Crippen molar-refractivity contribution in [1.82, 2.24) is 15.0 Å². The number of methoxy groups -OCH3 is 1. The molecular formula is C11H17N3O4. The SMILES string of the molecule is COC(=O)c1cnnn1[C@@H](C)C(=O)OC(C)(C)C. The summed E-state index contributed by atoms with van der Waals surface area (Å²) in [5.74, 6) is -1.09. The van der Waals surface area contributed by atoms with Crippen molar-refractivity contribution in [2.24, 2.45) is 0 Å². The van der Waals surface area contributed by atoms with Gasteiger partial charge in [0.1, 0.15) is 11.6 Å². The molecule has 0 spiro atoms. The summed E-state index contributed by atoms with van der Waals surface area (Å²) >= 11 is 0. The van der Waals surface area contributed by atoms with E-state index in [0.29, 0.717) is 0 Å². The molecule has 0 saturated heterocycles. The van der Waals surface area contributed by atoms with Crippen LogP contribution in [0.5, 0.6) is 0 Å². The molecule has 100 valence electrons. The number of aromatic nitrogens is 3. The van der Waals surface area contributed by atoms with Crippen LogP contribution in [0.3, 0.4) is 0 Å². The number of carbonyl (C=O) groups is 2. The molecule has 0 aliphatic heterocycles. The van der Waals surface area contributed by atoms with E-state index in [1.165, 1.54) is 18.0 Å². The monoisotopic (exact) mass is 255 g/mol. The maximum atomic E-state index is 11.9. The molecule has 1 heterocycles. The molecule has 1 rings (SSSR count). The highest BCUT2D eigenvalue weighted by Gasteiger charge is 2.27. The third kappa shape index (κ3) is 3.28. The Morgan fingerprint density at radius 1 is 1.39 bits per heavy atom. The first-order chi connectivity index (χ1) is 8.26.